The van der Waals surface area contributed by atoms with Crippen molar-refractivity contribution >= 4 is 28.9 Å². The Bertz CT molecular complexity index is 844. The molecule has 0 radical (unpaired) electrons. The molecule has 1 aliphatic rings. The predicted octanol–water partition coefficient (Wildman–Crippen LogP) is -3.11. The van der Waals surface area contributed by atoms with Gasteiger partial charge in [-0.2, -0.15) is 0 Å². The molecular weight excluding hydrogens is 380 g/mol. The molecule has 9 N–H and O–H groups in total. The van der Waals surface area contributed by atoms with E-state index in [0.29, 0.717) is 11.2 Å². The first kappa shape index (κ1) is 21.4. The largest absolute Gasteiger partial charge is 0.481 e. The van der Waals surface area contributed by atoms with Gasteiger partial charge in [-0.3, -0.25) is 14.2 Å². The Kier molecular flexibility index (Phi) is 6.76. The summed E-state index contributed by atoms with van der Waals surface area (Å²) < 4.78 is 6.85. The highest BCUT2D eigenvalue weighted by molar-refractivity contribution is 5.81. The molecule has 14 heteroatoms. The fourth-order valence-corrected chi connectivity index (χ4v) is 2.44. The van der Waals surface area contributed by atoms with Crippen molar-refractivity contribution in [3.63, 3.8) is 0 Å². The number of ether oxygens (including phenoxy) is 1. The molecule has 0 saturated carbocycles. The first-order valence-corrected chi connectivity index (χ1v) is 7.93. The molecule has 0 unspecified atom stereocenters. The van der Waals surface area contributed by atoms with Gasteiger partial charge in [0.25, 0.3) is 0 Å². The number of fused-ring (bicyclic) bond motifs is 1. The summed E-state index contributed by atoms with van der Waals surface area (Å²) in [5.74, 6) is -2.28. The van der Waals surface area contributed by atoms with E-state index in [1.54, 1.807) is 0 Å². The minimum Gasteiger partial charge on any atom is -0.481 e. The number of aliphatic hydroxyl groups is 3. The van der Waals surface area contributed by atoms with E-state index in [1.807, 2.05) is 0 Å². The molecular formula is C14H20N6O8. The molecule has 3 heterocycles. The molecule has 0 aromatic carbocycles. The molecule has 0 spiro atoms. The van der Waals surface area contributed by atoms with Crippen LogP contribution in [0, 0.1) is 0 Å². The van der Waals surface area contributed by atoms with Crippen LogP contribution in [-0.4, -0.2) is 88.0 Å². The van der Waals surface area contributed by atoms with Crippen LogP contribution in [0.1, 0.15) is 12.6 Å². The van der Waals surface area contributed by atoms with Crippen LogP contribution in [0.3, 0.4) is 0 Å². The molecule has 3 rings (SSSR count). The normalized spacial score (nSPS) is 25.1. The summed E-state index contributed by atoms with van der Waals surface area (Å²) in [7, 11) is 0. The van der Waals surface area contributed by atoms with E-state index in [0.717, 1.165) is 0 Å². The average Bonchev–Trinajstić information content (AvgIpc) is 3.18. The Morgan fingerprint density at radius 1 is 1.21 bits per heavy atom. The summed E-state index contributed by atoms with van der Waals surface area (Å²) in [5, 5.41) is 44.8. The zero-order chi connectivity index (χ0) is 21.0. The second kappa shape index (κ2) is 8.85. The standard InChI is InChI=1S/C10H13N5O4.C4H7NO4/c11-8-5-9(13-2-12-8)15(3-14-5)10-7(18)6(17)4(1-16)19-10;5-2(4(8)9)1-3(6)7/h2-4,6-7,10,16-18H,1H2,(H2,11,12,13);2H,1,5H2,(H,6,7)(H,8,9)/t4-,6-,7-,10-;2-/m10/s1. The number of aliphatic hydroxyl groups excluding tert-OH is 3. The molecule has 2 aromatic rings. The van der Waals surface area contributed by atoms with Crippen LogP contribution in [0.4, 0.5) is 5.82 Å². The van der Waals surface area contributed by atoms with Crippen molar-refractivity contribution in [3.05, 3.63) is 12.7 Å². The van der Waals surface area contributed by atoms with Gasteiger partial charge in [-0.15, -0.1) is 0 Å². The number of anilines is 1. The minimum atomic E-state index is -1.29. The number of hydrogen-bond acceptors (Lipinski definition) is 11. The molecule has 14 nitrogen and oxygen atoms in total. The highest BCUT2D eigenvalue weighted by Crippen LogP contribution is 2.31. The van der Waals surface area contributed by atoms with Crippen molar-refractivity contribution in [1.82, 2.24) is 19.5 Å². The van der Waals surface area contributed by atoms with E-state index in [2.05, 4.69) is 15.0 Å². The highest BCUT2D eigenvalue weighted by atomic mass is 16.6. The van der Waals surface area contributed by atoms with Crippen LogP contribution in [0.15, 0.2) is 12.7 Å². The van der Waals surface area contributed by atoms with E-state index in [4.69, 9.17) is 31.5 Å². The third-order valence-electron chi connectivity index (χ3n) is 3.89. The maximum Gasteiger partial charge on any atom is 0.321 e. The lowest BCUT2D eigenvalue weighted by Gasteiger charge is -2.16. The first-order valence-electron chi connectivity index (χ1n) is 7.93. The Balaban J connectivity index is 0.000000266. The maximum absolute atomic E-state index is 9.95. The summed E-state index contributed by atoms with van der Waals surface area (Å²) in [6, 6.07) is -1.29. The average molecular weight is 400 g/mol. The predicted molar refractivity (Wildman–Crippen MR) is 90.6 cm³/mol. The van der Waals surface area contributed by atoms with Crippen LogP contribution in [0.2, 0.25) is 0 Å². The summed E-state index contributed by atoms with van der Waals surface area (Å²) in [6.07, 6.45) is -1.96. The highest BCUT2D eigenvalue weighted by Gasteiger charge is 2.43. The van der Waals surface area contributed by atoms with Gasteiger partial charge in [0.05, 0.1) is 19.4 Å². The van der Waals surface area contributed by atoms with E-state index >= 15 is 0 Å². The number of carboxylic acids is 2. The fraction of sp³-hybridized carbons (Fsp3) is 0.500. The fourth-order valence-electron chi connectivity index (χ4n) is 2.44. The van der Waals surface area contributed by atoms with Crippen molar-refractivity contribution in [2.75, 3.05) is 12.3 Å². The molecule has 1 saturated heterocycles. The monoisotopic (exact) mass is 400 g/mol. The molecule has 1 fully saturated rings. The second-order valence-corrected chi connectivity index (χ2v) is 5.85. The van der Waals surface area contributed by atoms with Crippen LogP contribution in [0.5, 0.6) is 0 Å². The van der Waals surface area contributed by atoms with Gasteiger partial charge in [0.2, 0.25) is 0 Å². The number of nitrogens with zero attached hydrogens (tertiary/aromatic N) is 4. The quantitative estimate of drug-likeness (QED) is 0.263. The van der Waals surface area contributed by atoms with Crippen molar-refractivity contribution < 1.29 is 39.9 Å². The van der Waals surface area contributed by atoms with Crippen molar-refractivity contribution in [1.29, 1.82) is 0 Å². The number of nitrogens with two attached hydrogens (primary N) is 2. The Labute approximate surface area is 157 Å². The first-order chi connectivity index (χ1) is 13.2. The van der Waals surface area contributed by atoms with Gasteiger partial charge in [0.1, 0.15) is 36.2 Å². The van der Waals surface area contributed by atoms with Crippen LogP contribution in [0.25, 0.3) is 11.2 Å². The molecule has 5 atom stereocenters. The zero-order valence-corrected chi connectivity index (χ0v) is 14.4. The number of rotatable bonds is 5. The van der Waals surface area contributed by atoms with Crippen molar-refractivity contribution in [3.8, 4) is 0 Å². The molecule has 0 amide bonds. The lowest BCUT2D eigenvalue weighted by atomic mass is 10.1. The maximum atomic E-state index is 9.95. The van der Waals surface area contributed by atoms with Gasteiger partial charge in [-0.1, -0.05) is 0 Å². The molecule has 0 aliphatic carbocycles. The van der Waals surface area contributed by atoms with E-state index in [9.17, 15) is 19.8 Å². The van der Waals surface area contributed by atoms with Gasteiger partial charge in [0, 0.05) is 0 Å². The van der Waals surface area contributed by atoms with Crippen molar-refractivity contribution in [2.24, 2.45) is 5.73 Å². The van der Waals surface area contributed by atoms with Gasteiger partial charge < -0.3 is 41.7 Å². The smallest absolute Gasteiger partial charge is 0.321 e. The number of aliphatic carboxylic acids is 2. The SMILES string of the molecule is N[C@@H](CC(=O)O)C(=O)O.Nc1ncnc2c1ncn2[C@@H]1O[C@H](CO)[C@@H](O)[C@H]1O. The number of carboxylic acid groups (broad SMARTS) is 2. The van der Waals surface area contributed by atoms with Crippen LogP contribution >= 0.6 is 0 Å². The number of imidazole rings is 1. The Hall–Kier alpha value is -2.91. The van der Waals surface area contributed by atoms with Crippen molar-refractivity contribution in [2.45, 2.75) is 37.0 Å². The second-order valence-electron chi connectivity index (χ2n) is 5.85. The Morgan fingerprint density at radius 2 is 1.89 bits per heavy atom. The number of hydrogen-bond donors (Lipinski definition) is 7. The van der Waals surface area contributed by atoms with Gasteiger partial charge in [-0.05, 0) is 0 Å². The molecule has 28 heavy (non-hydrogen) atoms. The molecule has 1 aliphatic heterocycles. The molecule has 2 aromatic heterocycles. The third-order valence-corrected chi connectivity index (χ3v) is 3.89. The van der Waals surface area contributed by atoms with Gasteiger partial charge in [-0.25, -0.2) is 15.0 Å². The lowest BCUT2D eigenvalue weighted by Crippen LogP contribution is -2.33. The number of aromatic nitrogens is 4. The van der Waals surface area contributed by atoms with E-state index < -0.39 is 55.5 Å². The van der Waals surface area contributed by atoms with Gasteiger partial charge >= 0.3 is 11.9 Å². The third kappa shape index (κ3) is 4.49. The number of carbonyl (C=O) groups is 2. The molecule has 0 bridgehead atoms. The van der Waals surface area contributed by atoms with E-state index in [-0.39, 0.29) is 5.82 Å². The van der Waals surface area contributed by atoms with Crippen LogP contribution in [-0.2, 0) is 14.3 Å². The van der Waals surface area contributed by atoms with Gasteiger partial charge in [0.15, 0.2) is 17.7 Å². The van der Waals surface area contributed by atoms with E-state index in [1.165, 1.54) is 17.2 Å². The number of nitrogen functional groups attached to an aromatic ring is 1. The summed E-state index contributed by atoms with van der Waals surface area (Å²) in [6.45, 7) is -0.390. The summed E-state index contributed by atoms with van der Waals surface area (Å²) >= 11 is 0. The van der Waals surface area contributed by atoms with Crippen LogP contribution < -0.4 is 11.5 Å². The zero-order valence-electron chi connectivity index (χ0n) is 14.4. The summed E-state index contributed by atoms with van der Waals surface area (Å²) in [4.78, 5) is 31.5. The molecule has 154 valence electrons. The summed E-state index contributed by atoms with van der Waals surface area (Å²) in [5.41, 5.74) is 11.3. The Morgan fingerprint density at radius 3 is 2.39 bits per heavy atom. The lowest BCUT2D eigenvalue weighted by molar-refractivity contribution is -0.144. The minimum absolute atomic E-state index is 0.218. The topological polar surface area (TPSA) is 240 Å².